The van der Waals surface area contributed by atoms with E-state index < -0.39 is 10.0 Å². The van der Waals surface area contributed by atoms with Crippen molar-refractivity contribution in [1.82, 2.24) is 14.5 Å². The Labute approximate surface area is 171 Å². The van der Waals surface area contributed by atoms with Gasteiger partial charge < -0.3 is 9.47 Å². The number of rotatable bonds is 5. The highest BCUT2D eigenvalue weighted by Gasteiger charge is 2.22. The first-order chi connectivity index (χ1) is 13.4. The number of imidazole rings is 1. The van der Waals surface area contributed by atoms with Crippen LogP contribution in [-0.4, -0.2) is 41.1 Å². The highest BCUT2D eigenvalue weighted by atomic mass is 32.2. The molecule has 7 nitrogen and oxygen atoms in total. The average molecular weight is 437 g/mol. The van der Waals surface area contributed by atoms with Gasteiger partial charge in [0.25, 0.3) is 0 Å². The Balaban J connectivity index is 1.52. The minimum Gasteiger partial charge on any atom is -0.337 e. The van der Waals surface area contributed by atoms with E-state index in [2.05, 4.69) is 16.4 Å². The number of fused-ring (bicyclic) bond motifs is 2. The lowest BCUT2D eigenvalue weighted by Crippen LogP contribution is -2.36. The summed E-state index contributed by atoms with van der Waals surface area (Å²) in [6, 6.07) is 6.76. The zero-order valence-corrected chi connectivity index (χ0v) is 17.7. The third kappa shape index (κ3) is 3.69. The molecule has 28 heavy (non-hydrogen) atoms. The van der Waals surface area contributed by atoms with Crippen LogP contribution < -0.4 is 5.14 Å². The molecule has 0 saturated heterocycles. The van der Waals surface area contributed by atoms with Gasteiger partial charge in [0.15, 0.2) is 5.16 Å². The van der Waals surface area contributed by atoms with Crippen LogP contribution in [0.15, 0.2) is 39.7 Å². The number of aromatic nitrogens is 2. The monoisotopic (exact) mass is 436 g/mol. The number of amides is 1. The Hall–Kier alpha value is -1.88. The molecule has 0 atom stereocenters. The summed E-state index contributed by atoms with van der Waals surface area (Å²) in [5, 5.41) is 7.99. The smallest absolute Gasteiger partial charge is 0.238 e. The summed E-state index contributed by atoms with van der Waals surface area (Å²) in [6.45, 7) is 4.07. The number of aryl methyl sites for hydroxylation is 1. The molecular formula is C18H20N4O3S3. The van der Waals surface area contributed by atoms with Crippen LogP contribution in [0.5, 0.6) is 0 Å². The predicted molar refractivity (Wildman–Crippen MR) is 111 cm³/mol. The molecule has 0 spiro atoms. The van der Waals surface area contributed by atoms with Crippen molar-refractivity contribution in [3.05, 3.63) is 40.1 Å². The third-order valence-electron chi connectivity index (χ3n) is 4.81. The van der Waals surface area contributed by atoms with Crippen LogP contribution in [0.3, 0.4) is 0 Å². The second-order valence-corrected chi connectivity index (χ2v) is 10.1. The third-order valence-corrected chi connectivity index (χ3v) is 7.71. The minimum absolute atomic E-state index is 0.0354. The molecule has 0 aliphatic carbocycles. The Morgan fingerprint density at radius 2 is 2.18 bits per heavy atom. The number of hydrogen-bond donors (Lipinski definition) is 1. The molecule has 2 N–H and O–H groups in total. The number of nitrogens with two attached hydrogens (primary N) is 1. The zero-order valence-electron chi connectivity index (χ0n) is 15.3. The molecule has 10 heteroatoms. The molecule has 1 aliphatic rings. The molecular weight excluding hydrogens is 416 g/mol. The van der Waals surface area contributed by atoms with Gasteiger partial charge in [0, 0.05) is 24.5 Å². The van der Waals surface area contributed by atoms with Crippen molar-refractivity contribution in [2.75, 3.05) is 12.3 Å². The molecule has 148 valence electrons. The second-order valence-electron chi connectivity index (χ2n) is 6.56. The summed E-state index contributed by atoms with van der Waals surface area (Å²) in [7, 11) is -3.78. The minimum atomic E-state index is -3.78. The van der Waals surface area contributed by atoms with E-state index in [0.29, 0.717) is 29.5 Å². The topological polar surface area (TPSA) is 98.3 Å². The number of carbonyl (C=O) groups excluding carboxylic acids is 1. The van der Waals surface area contributed by atoms with Gasteiger partial charge in [0.2, 0.25) is 15.9 Å². The zero-order chi connectivity index (χ0) is 19.9. The van der Waals surface area contributed by atoms with Crippen LogP contribution >= 0.6 is 23.1 Å². The van der Waals surface area contributed by atoms with Crippen LogP contribution in [-0.2, 0) is 34.3 Å². The van der Waals surface area contributed by atoms with Crippen molar-refractivity contribution in [2.24, 2.45) is 5.14 Å². The van der Waals surface area contributed by atoms with Crippen LogP contribution in [0.2, 0.25) is 0 Å². The Bertz CT molecular complexity index is 1150. The first kappa shape index (κ1) is 19.4. The summed E-state index contributed by atoms with van der Waals surface area (Å²) in [4.78, 5) is 20.5. The molecule has 3 heterocycles. The molecule has 3 aromatic rings. The van der Waals surface area contributed by atoms with Crippen LogP contribution in [0, 0.1) is 0 Å². The highest BCUT2D eigenvalue weighted by Crippen LogP contribution is 2.28. The van der Waals surface area contributed by atoms with Crippen LogP contribution in [0.4, 0.5) is 0 Å². The second kappa shape index (κ2) is 7.51. The van der Waals surface area contributed by atoms with E-state index >= 15 is 0 Å². The number of carbonyl (C=O) groups is 1. The van der Waals surface area contributed by atoms with Gasteiger partial charge in [-0.05, 0) is 48.6 Å². The van der Waals surface area contributed by atoms with E-state index in [1.807, 2.05) is 16.4 Å². The summed E-state index contributed by atoms with van der Waals surface area (Å²) in [6.07, 6.45) is 0.910. The van der Waals surface area contributed by atoms with Gasteiger partial charge in [-0.2, -0.15) is 0 Å². The normalized spacial score (nSPS) is 14.4. The van der Waals surface area contributed by atoms with Gasteiger partial charge in [-0.1, -0.05) is 11.8 Å². The number of hydrogen-bond acceptors (Lipinski definition) is 6. The summed E-state index contributed by atoms with van der Waals surface area (Å²) >= 11 is 3.13. The maximum atomic E-state index is 12.7. The average Bonchev–Trinajstić information content (AvgIpc) is 3.27. The molecule has 4 rings (SSSR count). The SMILES string of the molecule is CCn1c(SCC(=O)N2CCc3sccc3C2)nc2cc(S(N)(=O)=O)ccc21. The fourth-order valence-electron chi connectivity index (χ4n) is 3.36. The Morgan fingerprint density at radius 3 is 2.93 bits per heavy atom. The van der Waals surface area contributed by atoms with E-state index in [0.717, 1.165) is 18.5 Å². The standard InChI is InChI=1S/C18H20N4O3S3/c1-2-22-15-4-3-13(28(19,24)25)9-14(15)20-18(22)27-11-17(23)21-7-5-16-12(10-21)6-8-26-16/h3-4,6,8-9H,2,5,7,10-11H2,1H3,(H2,19,24,25). The lowest BCUT2D eigenvalue weighted by Gasteiger charge is -2.26. The maximum absolute atomic E-state index is 12.7. The van der Waals surface area contributed by atoms with Crippen molar-refractivity contribution in [2.45, 2.75) is 36.5 Å². The van der Waals surface area contributed by atoms with Gasteiger partial charge in [0.05, 0.1) is 21.7 Å². The van der Waals surface area contributed by atoms with E-state index in [-0.39, 0.29) is 10.8 Å². The van der Waals surface area contributed by atoms with Gasteiger partial charge in [0.1, 0.15) is 0 Å². The first-order valence-corrected chi connectivity index (χ1v) is 12.3. The lowest BCUT2D eigenvalue weighted by molar-refractivity contribution is -0.129. The summed E-state index contributed by atoms with van der Waals surface area (Å²) in [5.74, 6) is 0.381. The van der Waals surface area contributed by atoms with Crippen molar-refractivity contribution in [1.29, 1.82) is 0 Å². The molecule has 1 aromatic carbocycles. The molecule has 1 amide bonds. The van der Waals surface area contributed by atoms with Crippen molar-refractivity contribution in [3.63, 3.8) is 0 Å². The van der Waals surface area contributed by atoms with Crippen molar-refractivity contribution >= 4 is 50.1 Å². The number of nitrogens with zero attached hydrogens (tertiary/aromatic N) is 3. The van der Waals surface area contributed by atoms with Crippen molar-refractivity contribution < 1.29 is 13.2 Å². The summed E-state index contributed by atoms with van der Waals surface area (Å²) < 4.78 is 25.1. The van der Waals surface area contributed by atoms with E-state index in [9.17, 15) is 13.2 Å². The van der Waals surface area contributed by atoms with Crippen LogP contribution in [0.25, 0.3) is 11.0 Å². The van der Waals surface area contributed by atoms with Gasteiger partial charge >= 0.3 is 0 Å². The number of thioether (sulfide) groups is 1. The van der Waals surface area contributed by atoms with Crippen LogP contribution in [0.1, 0.15) is 17.4 Å². The van der Waals surface area contributed by atoms with Gasteiger partial charge in [-0.25, -0.2) is 18.5 Å². The first-order valence-electron chi connectivity index (χ1n) is 8.85. The molecule has 1 aliphatic heterocycles. The fourth-order valence-corrected chi connectivity index (χ4v) is 5.76. The predicted octanol–water partition coefficient (Wildman–Crippen LogP) is 2.44. The molecule has 2 aromatic heterocycles. The van der Waals surface area contributed by atoms with Gasteiger partial charge in [-0.15, -0.1) is 11.3 Å². The van der Waals surface area contributed by atoms with E-state index in [1.54, 1.807) is 17.4 Å². The number of thiophene rings is 1. The number of sulfonamides is 1. The van der Waals surface area contributed by atoms with E-state index in [4.69, 9.17) is 5.14 Å². The fraction of sp³-hybridized carbons (Fsp3) is 0.333. The maximum Gasteiger partial charge on any atom is 0.238 e. The molecule has 0 unspecified atom stereocenters. The highest BCUT2D eigenvalue weighted by molar-refractivity contribution is 7.99. The van der Waals surface area contributed by atoms with E-state index in [1.165, 1.54) is 34.3 Å². The van der Waals surface area contributed by atoms with Gasteiger partial charge in [-0.3, -0.25) is 4.79 Å². The summed E-state index contributed by atoms with van der Waals surface area (Å²) in [5.41, 5.74) is 2.63. The van der Waals surface area contributed by atoms with Crippen molar-refractivity contribution in [3.8, 4) is 0 Å². The Morgan fingerprint density at radius 1 is 1.36 bits per heavy atom. The molecule has 0 bridgehead atoms. The molecule has 0 saturated carbocycles. The number of primary sulfonamides is 1. The Kier molecular flexibility index (Phi) is 5.21. The lowest BCUT2D eigenvalue weighted by atomic mass is 10.1. The quantitative estimate of drug-likeness (QED) is 0.620. The molecule has 0 radical (unpaired) electrons. The largest absolute Gasteiger partial charge is 0.337 e. The number of benzene rings is 1. The molecule has 0 fully saturated rings.